The van der Waals surface area contributed by atoms with Crippen LogP contribution in [0.4, 0.5) is 17.6 Å². The van der Waals surface area contributed by atoms with Gasteiger partial charge in [0.1, 0.15) is 5.82 Å². The fourth-order valence-corrected chi connectivity index (χ4v) is 6.35. The highest BCUT2D eigenvalue weighted by molar-refractivity contribution is 5.89. The van der Waals surface area contributed by atoms with Crippen molar-refractivity contribution in [3.63, 3.8) is 0 Å². The maximum absolute atomic E-state index is 14.0. The van der Waals surface area contributed by atoms with Gasteiger partial charge >= 0.3 is 12.1 Å². The Kier molecular flexibility index (Phi) is 5.91. The summed E-state index contributed by atoms with van der Waals surface area (Å²) in [5.41, 5.74) is 2.08. The first-order chi connectivity index (χ1) is 18.1. The van der Waals surface area contributed by atoms with E-state index in [1.807, 2.05) is 12.1 Å². The number of piperidine rings is 1. The molecular formula is C31H29F4NO2. The third-order valence-corrected chi connectivity index (χ3v) is 8.77. The number of benzene rings is 3. The molecule has 3 aliphatic rings. The van der Waals surface area contributed by atoms with Crippen LogP contribution in [0.2, 0.25) is 0 Å². The molecule has 0 radical (unpaired) electrons. The topological polar surface area (TPSA) is 40.5 Å². The van der Waals surface area contributed by atoms with Crippen molar-refractivity contribution in [3.05, 3.63) is 94.8 Å². The lowest BCUT2D eigenvalue weighted by Gasteiger charge is -2.40. The minimum Gasteiger partial charge on any atom is -0.481 e. The van der Waals surface area contributed by atoms with Crippen molar-refractivity contribution < 1.29 is 27.5 Å². The molecule has 3 nitrogen and oxygen atoms in total. The van der Waals surface area contributed by atoms with Crippen LogP contribution in [-0.2, 0) is 16.4 Å². The molecule has 2 aliphatic carbocycles. The number of alkyl halides is 3. The normalized spacial score (nSPS) is 20.7. The molecular weight excluding hydrogens is 494 g/mol. The molecule has 6 rings (SSSR count). The average molecular weight is 524 g/mol. The van der Waals surface area contributed by atoms with E-state index in [9.17, 15) is 27.5 Å². The zero-order valence-corrected chi connectivity index (χ0v) is 20.9. The summed E-state index contributed by atoms with van der Waals surface area (Å²) in [6.45, 7) is 1.72. The molecule has 3 fully saturated rings. The van der Waals surface area contributed by atoms with E-state index in [2.05, 4.69) is 4.90 Å². The molecule has 1 aliphatic heterocycles. The van der Waals surface area contributed by atoms with Crippen molar-refractivity contribution in [2.75, 3.05) is 13.1 Å². The molecule has 1 N–H and O–H groups in total. The maximum Gasteiger partial charge on any atom is 0.416 e. The molecule has 2 saturated carbocycles. The monoisotopic (exact) mass is 523 g/mol. The Labute approximate surface area is 219 Å². The van der Waals surface area contributed by atoms with E-state index in [0.29, 0.717) is 34.9 Å². The number of carboxylic acid groups (broad SMARTS) is 1. The Hall–Kier alpha value is -3.19. The van der Waals surface area contributed by atoms with E-state index >= 15 is 0 Å². The number of rotatable bonds is 6. The summed E-state index contributed by atoms with van der Waals surface area (Å²) in [5.74, 6) is -1.26. The second kappa shape index (κ2) is 8.94. The van der Waals surface area contributed by atoms with Crippen LogP contribution >= 0.6 is 0 Å². The zero-order chi connectivity index (χ0) is 26.7. The fourth-order valence-electron chi connectivity index (χ4n) is 6.35. The highest BCUT2D eigenvalue weighted by Crippen LogP contribution is 2.56. The van der Waals surface area contributed by atoms with E-state index in [0.717, 1.165) is 42.8 Å². The average Bonchev–Trinajstić information content (AvgIpc) is 3.82. The number of aliphatic carboxylic acids is 1. The molecule has 3 aromatic carbocycles. The molecule has 1 atom stereocenters. The molecule has 198 valence electrons. The second-order valence-electron chi connectivity index (χ2n) is 11.3. The SMILES string of the molecule is O=C(O)C1(c2cccc(C(c3ccc(F)cc3)N3CCCC4(CC4)C3)c2-c2ccc(C(F)(F)F)cc2)CC1. The van der Waals surface area contributed by atoms with Crippen LogP contribution in [0.15, 0.2) is 66.7 Å². The fraction of sp³-hybridized carbons (Fsp3) is 0.387. The number of hydrogen-bond acceptors (Lipinski definition) is 2. The van der Waals surface area contributed by atoms with Gasteiger partial charge in [0.05, 0.1) is 17.0 Å². The van der Waals surface area contributed by atoms with Gasteiger partial charge in [-0.2, -0.15) is 13.2 Å². The Morgan fingerprint density at radius 3 is 2.16 bits per heavy atom. The lowest BCUT2D eigenvalue weighted by Crippen LogP contribution is -2.40. The van der Waals surface area contributed by atoms with Crippen LogP contribution in [0.5, 0.6) is 0 Å². The summed E-state index contributed by atoms with van der Waals surface area (Å²) in [4.78, 5) is 14.8. The van der Waals surface area contributed by atoms with Crippen LogP contribution in [0.1, 0.15) is 66.8 Å². The van der Waals surface area contributed by atoms with Crippen molar-refractivity contribution in [2.45, 2.75) is 56.2 Å². The van der Waals surface area contributed by atoms with Gasteiger partial charge in [0.2, 0.25) is 0 Å². The molecule has 0 bridgehead atoms. The first kappa shape index (κ1) is 25.1. The molecule has 7 heteroatoms. The minimum absolute atomic E-state index is 0.282. The predicted molar refractivity (Wildman–Crippen MR) is 136 cm³/mol. The number of likely N-dealkylation sites (tertiary alicyclic amines) is 1. The van der Waals surface area contributed by atoms with Gasteiger partial charge in [-0.05, 0) is 103 Å². The quantitative estimate of drug-likeness (QED) is 0.339. The summed E-state index contributed by atoms with van der Waals surface area (Å²) in [6.07, 6.45) is 1.05. The van der Waals surface area contributed by atoms with Crippen molar-refractivity contribution >= 4 is 5.97 Å². The third-order valence-electron chi connectivity index (χ3n) is 8.77. The van der Waals surface area contributed by atoms with Crippen molar-refractivity contribution in [3.8, 4) is 11.1 Å². The predicted octanol–water partition coefficient (Wildman–Crippen LogP) is 7.59. The van der Waals surface area contributed by atoms with Gasteiger partial charge < -0.3 is 5.11 Å². The third kappa shape index (κ3) is 4.41. The van der Waals surface area contributed by atoms with E-state index in [1.165, 1.54) is 43.5 Å². The summed E-state index contributed by atoms with van der Waals surface area (Å²) < 4.78 is 54.1. The van der Waals surface area contributed by atoms with Crippen molar-refractivity contribution in [2.24, 2.45) is 5.41 Å². The smallest absolute Gasteiger partial charge is 0.416 e. The highest BCUT2D eigenvalue weighted by atomic mass is 19.4. The Balaban J connectivity index is 1.55. The van der Waals surface area contributed by atoms with Gasteiger partial charge in [0, 0.05) is 6.54 Å². The van der Waals surface area contributed by atoms with Crippen molar-refractivity contribution in [1.29, 1.82) is 0 Å². The number of carbonyl (C=O) groups is 1. The molecule has 38 heavy (non-hydrogen) atoms. The van der Waals surface area contributed by atoms with Crippen molar-refractivity contribution in [1.82, 2.24) is 4.90 Å². The lowest BCUT2D eigenvalue weighted by molar-refractivity contribution is -0.140. The van der Waals surface area contributed by atoms with Gasteiger partial charge in [-0.25, -0.2) is 4.39 Å². The summed E-state index contributed by atoms with van der Waals surface area (Å²) >= 11 is 0. The van der Waals surface area contributed by atoms with Gasteiger partial charge in [-0.1, -0.05) is 42.5 Å². The van der Waals surface area contributed by atoms with E-state index in [1.54, 1.807) is 18.2 Å². The molecule has 1 heterocycles. The van der Waals surface area contributed by atoms with Gasteiger partial charge in [-0.3, -0.25) is 9.69 Å². The Bertz CT molecular complexity index is 1360. The number of halogens is 4. The van der Waals surface area contributed by atoms with Gasteiger partial charge in [-0.15, -0.1) is 0 Å². The molecule has 1 unspecified atom stereocenters. The number of carboxylic acids is 1. The first-order valence-electron chi connectivity index (χ1n) is 13.2. The summed E-state index contributed by atoms with van der Waals surface area (Å²) in [6, 6.07) is 16.7. The number of nitrogens with zero attached hydrogens (tertiary/aromatic N) is 1. The zero-order valence-electron chi connectivity index (χ0n) is 20.9. The Morgan fingerprint density at radius 2 is 1.58 bits per heavy atom. The largest absolute Gasteiger partial charge is 0.481 e. The summed E-state index contributed by atoms with van der Waals surface area (Å²) in [7, 11) is 0. The van der Waals surface area contributed by atoms with Gasteiger partial charge in [0.25, 0.3) is 0 Å². The molecule has 3 aromatic rings. The van der Waals surface area contributed by atoms with E-state index in [4.69, 9.17) is 0 Å². The maximum atomic E-state index is 14.0. The standard InChI is InChI=1S/C31H29F4NO2/c32-23-11-7-21(8-12-23)27(36-18-2-13-29(19-36)14-15-29)24-3-1-4-25(30(16-17-30)28(37)38)26(24)20-5-9-22(10-6-20)31(33,34)35/h1,3-12,27H,2,13-19H2,(H,37,38). The second-order valence-corrected chi connectivity index (χ2v) is 11.3. The Morgan fingerprint density at radius 1 is 0.895 bits per heavy atom. The lowest BCUT2D eigenvalue weighted by atomic mass is 9.80. The molecule has 0 amide bonds. The van der Waals surface area contributed by atoms with Crippen LogP contribution in [0, 0.1) is 11.2 Å². The number of hydrogen-bond donors (Lipinski definition) is 1. The van der Waals surface area contributed by atoms with Gasteiger partial charge in [0.15, 0.2) is 0 Å². The minimum atomic E-state index is -4.47. The molecule has 0 aromatic heterocycles. The van der Waals surface area contributed by atoms with Crippen LogP contribution in [0.25, 0.3) is 11.1 Å². The van der Waals surface area contributed by atoms with Crippen LogP contribution in [-0.4, -0.2) is 29.1 Å². The van der Waals surface area contributed by atoms with E-state index < -0.39 is 23.1 Å². The summed E-state index contributed by atoms with van der Waals surface area (Å²) in [5, 5.41) is 10.2. The van der Waals surface area contributed by atoms with E-state index in [-0.39, 0.29) is 11.9 Å². The molecule has 1 spiro atoms. The first-order valence-corrected chi connectivity index (χ1v) is 13.2. The molecule has 1 saturated heterocycles. The van der Waals surface area contributed by atoms with Crippen LogP contribution in [0.3, 0.4) is 0 Å². The highest BCUT2D eigenvalue weighted by Gasteiger charge is 2.53. The van der Waals surface area contributed by atoms with Crippen LogP contribution < -0.4 is 0 Å².